The Labute approximate surface area is 111 Å². The molecular formula is C12H8ClNO5. The number of aromatic carboxylic acids is 1. The van der Waals surface area contributed by atoms with E-state index in [0.717, 1.165) is 10.8 Å². The molecule has 2 aromatic rings. The number of rotatable bonds is 3. The van der Waals surface area contributed by atoms with Crippen LogP contribution in [0.3, 0.4) is 0 Å². The van der Waals surface area contributed by atoms with Gasteiger partial charge in [0.1, 0.15) is 12.1 Å². The highest BCUT2D eigenvalue weighted by Crippen LogP contribution is 2.21. The van der Waals surface area contributed by atoms with Gasteiger partial charge in [0.25, 0.3) is 0 Å². The molecule has 0 fully saturated rings. The maximum atomic E-state index is 12.0. The number of aromatic nitrogens is 1. The van der Waals surface area contributed by atoms with Crippen LogP contribution in [0, 0.1) is 0 Å². The van der Waals surface area contributed by atoms with Crippen molar-refractivity contribution in [3.8, 4) is 0 Å². The first kappa shape index (κ1) is 13.1. The van der Waals surface area contributed by atoms with E-state index in [0.29, 0.717) is 0 Å². The van der Waals surface area contributed by atoms with Crippen molar-refractivity contribution in [2.75, 3.05) is 0 Å². The molecule has 0 atom stereocenters. The topological polar surface area (TPSA) is 96.6 Å². The van der Waals surface area contributed by atoms with E-state index in [1.807, 2.05) is 0 Å². The second-order valence-electron chi connectivity index (χ2n) is 3.83. The van der Waals surface area contributed by atoms with Crippen LogP contribution in [0.15, 0.2) is 29.2 Å². The van der Waals surface area contributed by atoms with E-state index in [-0.39, 0.29) is 15.9 Å². The van der Waals surface area contributed by atoms with Gasteiger partial charge in [0.05, 0.1) is 10.5 Å². The predicted molar refractivity (Wildman–Crippen MR) is 67.8 cm³/mol. The van der Waals surface area contributed by atoms with E-state index in [9.17, 15) is 14.4 Å². The number of fused-ring (bicyclic) bond motifs is 1. The molecule has 98 valence electrons. The molecule has 0 saturated carbocycles. The van der Waals surface area contributed by atoms with Crippen LogP contribution in [0.1, 0.15) is 10.4 Å². The highest BCUT2D eigenvalue weighted by molar-refractivity contribution is 6.35. The van der Waals surface area contributed by atoms with Gasteiger partial charge in [-0.15, -0.1) is 0 Å². The normalized spacial score (nSPS) is 10.6. The van der Waals surface area contributed by atoms with Crippen molar-refractivity contribution in [3.05, 3.63) is 45.2 Å². The summed E-state index contributed by atoms with van der Waals surface area (Å²) >= 11 is 5.95. The van der Waals surface area contributed by atoms with Crippen LogP contribution in [0.25, 0.3) is 10.9 Å². The van der Waals surface area contributed by atoms with Gasteiger partial charge in [-0.25, -0.2) is 4.79 Å². The van der Waals surface area contributed by atoms with Crippen molar-refractivity contribution in [3.63, 3.8) is 0 Å². The van der Waals surface area contributed by atoms with Gasteiger partial charge in [-0.3, -0.25) is 9.59 Å². The summed E-state index contributed by atoms with van der Waals surface area (Å²) in [6, 6.07) is 4.42. The van der Waals surface area contributed by atoms with E-state index in [2.05, 4.69) is 0 Å². The van der Waals surface area contributed by atoms with Gasteiger partial charge >= 0.3 is 11.9 Å². The third-order valence-corrected chi connectivity index (χ3v) is 2.89. The fraction of sp³-hybridized carbons (Fsp3) is 0.0833. The monoisotopic (exact) mass is 281 g/mol. The molecule has 0 amide bonds. The summed E-state index contributed by atoms with van der Waals surface area (Å²) in [6.07, 6.45) is 0.993. The molecule has 6 nitrogen and oxygen atoms in total. The molecule has 0 saturated heterocycles. The van der Waals surface area contributed by atoms with E-state index < -0.39 is 29.5 Å². The maximum Gasteiger partial charge on any atom is 0.341 e. The molecular weight excluding hydrogens is 274 g/mol. The first-order valence-electron chi connectivity index (χ1n) is 5.18. The number of benzene rings is 1. The zero-order valence-corrected chi connectivity index (χ0v) is 10.2. The van der Waals surface area contributed by atoms with Crippen LogP contribution in [-0.4, -0.2) is 26.7 Å². The molecule has 1 heterocycles. The van der Waals surface area contributed by atoms with Crippen molar-refractivity contribution < 1.29 is 19.8 Å². The Hall–Kier alpha value is -2.34. The fourth-order valence-corrected chi connectivity index (χ4v) is 2.12. The number of aliphatic carboxylic acids is 1. The zero-order chi connectivity index (χ0) is 14.2. The Morgan fingerprint density at radius 1 is 1.26 bits per heavy atom. The molecule has 2 N–H and O–H groups in total. The SMILES string of the molecule is O=C(O)Cn1cc(C(=O)O)c(=O)c2cccc(Cl)c21. The Bertz CT molecular complexity index is 750. The van der Waals surface area contributed by atoms with E-state index in [1.165, 1.54) is 18.2 Å². The summed E-state index contributed by atoms with van der Waals surface area (Å²) < 4.78 is 1.14. The first-order valence-corrected chi connectivity index (χ1v) is 5.56. The first-order chi connectivity index (χ1) is 8.91. The summed E-state index contributed by atoms with van der Waals surface area (Å²) in [6.45, 7) is -0.485. The Morgan fingerprint density at radius 3 is 2.53 bits per heavy atom. The summed E-state index contributed by atoms with van der Waals surface area (Å²) in [5, 5.41) is 18.1. The van der Waals surface area contributed by atoms with Crippen molar-refractivity contribution in [1.29, 1.82) is 0 Å². The number of pyridine rings is 1. The van der Waals surface area contributed by atoms with E-state index >= 15 is 0 Å². The highest BCUT2D eigenvalue weighted by atomic mass is 35.5. The minimum absolute atomic E-state index is 0.0775. The minimum Gasteiger partial charge on any atom is -0.480 e. The third-order valence-electron chi connectivity index (χ3n) is 2.58. The molecule has 0 aliphatic rings. The standard InChI is InChI=1S/C12H8ClNO5/c13-8-3-1-2-6-10(8)14(5-9(15)16)4-7(11(6)17)12(18)19/h1-4H,5H2,(H,15,16)(H,18,19). The second kappa shape index (κ2) is 4.74. The fourth-order valence-electron chi connectivity index (χ4n) is 1.84. The Kier molecular flexibility index (Phi) is 3.26. The smallest absolute Gasteiger partial charge is 0.341 e. The number of hydrogen-bond donors (Lipinski definition) is 2. The van der Waals surface area contributed by atoms with Gasteiger partial charge in [0.2, 0.25) is 5.43 Å². The summed E-state index contributed by atoms with van der Waals surface area (Å²) in [7, 11) is 0. The molecule has 2 rings (SSSR count). The van der Waals surface area contributed by atoms with Gasteiger partial charge in [-0.1, -0.05) is 17.7 Å². The van der Waals surface area contributed by atoms with E-state index in [4.69, 9.17) is 21.8 Å². The third kappa shape index (κ3) is 2.30. The van der Waals surface area contributed by atoms with Crippen molar-refractivity contribution in [2.45, 2.75) is 6.54 Å². The predicted octanol–water partition coefficient (Wildman–Crippen LogP) is 1.44. The summed E-state index contributed by atoms with van der Waals surface area (Å²) in [5.74, 6) is -2.58. The van der Waals surface area contributed by atoms with Gasteiger partial charge in [0.15, 0.2) is 0 Å². The summed E-state index contributed by atoms with van der Waals surface area (Å²) in [5.41, 5.74) is -0.968. The molecule has 1 aromatic carbocycles. The van der Waals surface area contributed by atoms with Crippen LogP contribution in [0.4, 0.5) is 0 Å². The van der Waals surface area contributed by atoms with Gasteiger partial charge < -0.3 is 14.8 Å². The number of carbonyl (C=O) groups is 2. The quantitative estimate of drug-likeness (QED) is 0.887. The van der Waals surface area contributed by atoms with Crippen LogP contribution in [-0.2, 0) is 11.3 Å². The second-order valence-corrected chi connectivity index (χ2v) is 4.24. The molecule has 0 spiro atoms. The van der Waals surface area contributed by atoms with Gasteiger partial charge in [0, 0.05) is 11.6 Å². The number of para-hydroxylation sites is 1. The Balaban J connectivity index is 2.92. The lowest BCUT2D eigenvalue weighted by molar-refractivity contribution is -0.137. The van der Waals surface area contributed by atoms with Gasteiger partial charge in [-0.2, -0.15) is 0 Å². The molecule has 0 aliphatic heterocycles. The molecule has 0 unspecified atom stereocenters. The number of nitrogens with zero attached hydrogens (tertiary/aromatic N) is 1. The molecule has 0 bridgehead atoms. The van der Waals surface area contributed by atoms with Crippen LogP contribution >= 0.6 is 11.6 Å². The lowest BCUT2D eigenvalue weighted by atomic mass is 10.1. The van der Waals surface area contributed by atoms with Crippen LogP contribution in [0.5, 0.6) is 0 Å². The van der Waals surface area contributed by atoms with Crippen molar-refractivity contribution >= 4 is 34.4 Å². The summed E-state index contributed by atoms with van der Waals surface area (Å²) in [4.78, 5) is 33.8. The lowest BCUT2D eigenvalue weighted by Gasteiger charge is -2.11. The largest absolute Gasteiger partial charge is 0.480 e. The maximum absolute atomic E-state index is 12.0. The molecule has 7 heteroatoms. The number of hydrogen-bond acceptors (Lipinski definition) is 3. The molecule has 0 radical (unpaired) electrons. The number of carboxylic acid groups (broad SMARTS) is 2. The minimum atomic E-state index is -1.41. The van der Waals surface area contributed by atoms with E-state index in [1.54, 1.807) is 0 Å². The Morgan fingerprint density at radius 2 is 1.95 bits per heavy atom. The van der Waals surface area contributed by atoms with Crippen LogP contribution in [0.2, 0.25) is 5.02 Å². The van der Waals surface area contributed by atoms with Crippen LogP contribution < -0.4 is 5.43 Å². The molecule has 0 aliphatic carbocycles. The zero-order valence-electron chi connectivity index (χ0n) is 9.46. The number of carboxylic acids is 2. The number of halogens is 1. The van der Waals surface area contributed by atoms with Crippen molar-refractivity contribution in [1.82, 2.24) is 4.57 Å². The molecule has 1 aromatic heterocycles. The average molecular weight is 282 g/mol. The van der Waals surface area contributed by atoms with Crippen molar-refractivity contribution in [2.24, 2.45) is 0 Å². The van der Waals surface area contributed by atoms with Gasteiger partial charge in [-0.05, 0) is 12.1 Å². The molecule has 19 heavy (non-hydrogen) atoms. The highest BCUT2D eigenvalue weighted by Gasteiger charge is 2.17. The lowest BCUT2D eigenvalue weighted by Crippen LogP contribution is -2.21. The average Bonchev–Trinajstić information content (AvgIpc) is 2.31.